The van der Waals surface area contributed by atoms with E-state index < -0.39 is 0 Å². The number of piperazine rings is 1. The van der Waals surface area contributed by atoms with Gasteiger partial charge in [0.15, 0.2) is 0 Å². The van der Waals surface area contributed by atoms with E-state index in [-0.39, 0.29) is 12.0 Å². The Bertz CT molecular complexity index is 565. The monoisotopic (exact) mass is 345 g/mol. The average Bonchev–Trinajstić information content (AvgIpc) is 2.68. The molecule has 6 heteroatoms. The number of ether oxygens (including phenoxy) is 1. The lowest BCUT2D eigenvalue weighted by Crippen LogP contribution is -2.50. The molecule has 0 radical (unpaired) electrons. The summed E-state index contributed by atoms with van der Waals surface area (Å²) in [7, 11) is 0. The maximum absolute atomic E-state index is 12.2. The normalized spacial score (nSPS) is 18.9. The van der Waals surface area contributed by atoms with E-state index >= 15 is 0 Å². The molecule has 0 bridgehead atoms. The summed E-state index contributed by atoms with van der Waals surface area (Å²) in [4.78, 5) is 30.4. The van der Waals surface area contributed by atoms with Crippen LogP contribution >= 0.6 is 0 Å². The van der Waals surface area contributed by atoms with E-state index in [1.165, 1.54) is 6.42 Å². The summed E-state index contributed by atoms with van der Waals surface area (Å²) in [6, 6.07) is 9.14. The van der Waals surface area contributed by atoms with Crippen molar-refractivity contribution >= 4 is 12.0 Å². The Kier molecular flexibility index (Phi) is 6.28. The molecule has 0 atom stereocenters. The molecule has 1 aromatic carbocycles. The lowest BCUT2D eigenvalue weighted by molar-refractivity contribution is -0.132. The Morgan fingerprint density at radius 2 is 1.52 bits per heavy atom. The highest BCUT2D eigenvalue weighted by Crippen LogP contribution is 2.13. The molecule has 2 fully saturated rings. The van der Waals surface area contributed by atoms with Gasteiger partial charge in [-0.05, 0) is 31.4 Å². The largest absolute Gasteiger partial charge is 0.415 e. The number of piperidine rings is 1. The molecule has 2 heterocycles. The van der Waals surface area contributed by atoms with Gasteiger partial charge in [0.2, 0.25) is 5.91 Å². The molecule has 0 spiro atoms. The zero-order valence-corrected chi connectivity index (χ0v) is 14.7. The first kappa shape index (κ1) is 17.7. The number of carbonyl (C=O) groups excluding carboxylic acids is 2. The minimum Gasteiger partial charge on any atom is -0.410 e. The SMILES string of the molecule is O=C(CCN1CCN(C(=O)Oc2ccccc2)CC1)N1CCCCC1. The minimum absolute atomic E-state index is 0.269. The van der Waals surface area contributed by atoms with Crippen molar-refractivity contribution in [2.75, 3.05) is 45.8 Å². The van der Waals surface area contributed by atoms with E-state index in [1.807, 2.05) is 23.1 Å². The van der Waals surface area contributed by atoms with E-state index in [9.17, 15) is 9.59 Å². The van der Waals surface area contributed by atoms with Gasteiger partial charge in [0, 0.05) is 52.2 Å². The van der Waals surface area contributed by atoms with Crippen molar-refractivity contribution in [3.8, 4) is 5.75 Å². The van der Waals surface area contributed by atoms with Gasteiger partial charge in [-0.2, -0.15) is 0 Å². The third-order valence-corrected chi connectivity index (χ3v) is 4.93. The molecule has 0 unspecified atom stereocenters. The summed E-state index contributed by atoms with van der Waals surface area (Å²) in [5.74, 6) is 0.840. The Morgan fingerprint density at radius 1 is 0.840 bits per heavy atom. The molecule has 6 nitrogen and oxygen atoms in total. The molecule has 0 saturated carbocycles. The van der Waals surface area contributed by atoms with Crippen molar-refractivity contribution in [3.63, 3.8) is 0 Å². The highest BCUT2D eigenvalue weighted by molar-refractivity contribution is 5.76. The zero-order valence-electron chi connectivity index (χ0n) is 14.7. The number of hydrogen-bond donors (Lipinski definition) is 0. The summed E-state index contributed by atoms with van der Waals surface area (Å²) < 4.78 is 5.37. The second-order valence-corrected chi connectivity index (χ2v) is 6.70. The van der Waals surface area contributed by atoms with Gasteiger partial charge in [0.05, 0.1) is 0 Å². The molecule has 0 aliphatic carbocycles. The van der Waals surface area contributed by atoms with Crippen LogP contribution in [0.3, 0.4) is 0 Å². The van der Waals surface area contributed by atoms with Crippen molar-refractivity contribution < 1.29 is 14.3 Å². The second kappa shape index (κ2) is 8.85. The number of amides is 2. The van der Waals surface area contributed by atoms with Crippen LogP contribution in [0.5, 0.6) is 5.75 Å². The van der Waals surface area contributed by atoms with E-state index in [4.69, 9.17) is 4.74 Å². The van der Waals surface area contributed by atoms with Crippen LogP contribution in [0.1, 0.15) is 25.7 Å². The van der Waals surface area contributed by atoms with Gasteiger partial charge in [0.1, 0.15) is 5.75 Å². The Balaban J connectivity index is 1.36. The fraction of sp³-hybridized carbons (Fsp3) is 0.579. The van der Waals surface area contributed by atoms with Crippen molar-refractivity contribution in [3.05, 3.63) is 30.3 Å². The van der Waals surface area contributed by atoms with E-state index in [0.717, 1.165) is 45.6 Å². The van der Waals surface area contributed by atoms with Crippen molar-refractivity contribution in [2.45, 2.75) is 25.7 Å². The number of hydrogen-bond acceptors (Lipinski definition) is 4. The number of benzene rings is 1. The molecule has 1 aromatic rings. The molecule has 0 N–H and O–H groups in total. The first-order chi connectivity index (χ1) is 12.2. The van der Waals surface area contributed by atoms with Crippen molar-refractivity contribution in [1.82, 2.24) is 14.7 Å². The molecular weight excluding hydrogens is 318 g/mol. The van der Waals surface area contributed by atoms with Crippen LogP contribution in [0.15, 0.2) is 30.3 Å². The molecule has 2 saturated heterocycles. The lowest BCUT2D eigenvalue weighted by Gasteiger charge is -2.34. The number of nitrogens with zero attached hydrogens (tertiary/aromatic N) is 3. The van der Waals surface area contributed by atoms with Crippen LogP contribution in [-0.4, -0.2) is 72.5 Å². The fourth-order valence-corrected chi connectivity index (χ4v) is 3.36. The van der Waals surface area contributed by atoms with Crippen LogP contribution in [0, 0.1) is 0 Å². The van der Waals surface area contributed by atoms with Gasteiger partial charge < -0.3 is 14.5 Å². The van der Waals surface area contributed by atoms with Gasteiger partial charge in [-0.3, -0.25) is 9.69 Å². The smallest absolute Gasteiger partial charge is 0.410 e. The highest BCUT2D eigenvalue weighted by atomic mass is 16.6. The third kappa shape index (κ3) is 5.19. The summed E-state index contributed by atoms with van der Waals surface area (Å²) in [6.07, 6.45) is 3.79. The summed E-state index contributed by atoms with van der Waals surface area (Å²) >= 11 is 0. The number of carbonyl (C=O) groups is 2. The highest BCUT2D eigenvalue weighted by Gasteiger charge is 2.23. The quantitative estimate of drug-likeness (QED) is 0.840. The fourth-order valence-electron chi connectivity index (χ4n) is 3.36. The lowest BCUT2D eigenvalue weighted by atomic mass is 10.1. The van der Waals surface area contributed by atoms with Crippen LogP contribution in [0.4, 0.5) is 4.79 Å². The Hall–Kier alpha value is -2.08. The number of likely N-dealkylation sites (tertiary alicyclic amines) is 1. The van der Waals surface area contributed by atoms with Crippen LogP contribution in [0.25, 0.3) is 0 Å². The summed E-state index contributed by atoms with van der Waals surface area (Å²) in [6.45, 7) is 5.47. The second-order valence-electron chi connectivity index (χ2n) is 6.70. The van der Waals surface area contributed by atoms with Gasteiger partial charge in [-0.1, -0.05) is 18.2 Å². The molecule has 2 aliphatic heterocycles. The Labute approximate surface area is 149 Å². The minimum atomic E-state index is -0.296. The zero-order chi connectivity index (χ0) is 17.5. The third-order valence-electron chi connectivity index (χ3n) is 4.93. The molecule has 2 aliphatic rings. The topological polar surface area (TPSA) is 53.1 Å². The Morgan fingerprint density at radius 3 is 2.20 bits per heavy atom. The molecule has 25 heavy (non-hydrogen) atoms. The molecule has 2 amide bonds. The number of rotatable bonds is 4. The first-order valence-corrected chi connectivity index (χ1v) is 9.24. The van der Waals surface area contributed by atoms with E-state index in [1.54, 1.807) is 17.0 Å². The number of para-hydroxylation sites is 1. The first-order valence-electron chi connectivity index (χ1n) is 9.24. The maximum Gasteiger partial charge on any atom is 0.415 e. The predicted molar refractivity (Wildman–Crippen MR) is 95.5 cm³/mol. The van der Waals surface area contributed by atoms with Crippen LogP contribution in [-0.2, 0) is 4.79 Å². The molecular formula is C19H27N3O3. The van der Waals surface area contributed by atoms with E-state index in [0.29, 0.717) is 25.3 Å². The van der Waals surface area contributed by atoms with Crippen LogP contribution in [0.2, 0.25) is 0 Å². The average molecular weight is 345 g/mol. The van der Waals surface area contributed by atoms with E-state index in [2.05, 4.69) is 4.90 Å². The molecule has 0 aromatic heterocycles. The van der Waals surface area contributed by atoms with Crippen LogP contribution < -0.4 is 4.74 Å². The predicted octanol–water partition coefficient (Wildman–Crippen LogP) is 2.21. The van der Waals surface area contributed by atoms with Crippen molar-refractivity contribution in [1.29, 1.82) is 0 Å². The summed E-state index contributed by atoms with van der Waals surface area (Å²) in [5.41, 5.74) is 0. The van der Waals surface area contributed by atoms with Gasteiger partial charge >= 0.3 is 6.09 Å². The standard InChI is InChI=1S/C19H27N3O3/c23-18(21-10-5-2-6-11-21)9-12-20-13-15-22(16-14-20)19(24)25-17-7-3-1-4-8-17/h1,3-4,7-8H,2,5-6,9-16H2. The van der Waals surface area contributed by atoms with Crippen molar-refractivity contribution in [2.24, 2.45) is 0 Å². The maximum atomic E-state index is 12.2. The molecule has 136 valence electrons. The van der Waals surface area contributed by atoms with Gasteiger partial charge in [0.25, 0.3) is 0 Å². The van der Waals surface area contributed by atoms with Gasteiger partial charge in [-0.15, -0.1) is 0 Å². The summed E-state index contributed by atoms with van der Waals surface area (Å²) in [5, 5.41) is 0. The molecule has 3 rings (SSSR count). The van der Waals surface area contributed by atoms with Gasteiger partial charge in [-0.25, -0.2) is 4.79 Å².